The Hall–Kier alpha value is 1.38. The van der Waals surface area contributed by atoms with Crippen LogP contribution in [-0.4, -0.2) is 13.2 Å². The van der Waals surface area contributed by atoms with Gasteiger partial charge in [-0.1, -0.05) is 0 Å². The molecule has 0 rings (SSSR count). The van der Waals surface area contributed by atoms with Crippen LogP contribution in [0.5, 0.6) is 0 Å². The van der Waals surface area contributed by atoms with E-state index in [0.29, 0.717) is 0 Å². The Balaban J connectivity index is -0.000000500. The normalized spacial score (nSPS) is 8.46. The fraction of sp³-hybridized carbons (Fsp3) is 1.00. The van der Waals surface area contributed by atoms with E-state index in [4.69, 9.17) is 5.63 Å². The van der Waals surface area contributed by atoms with Gasteiger partial charge in [-0.3, -0.25) is 0 Å². The first-order valence-electron chi connectivity index (χ1n) is 4.40. The first-order chi connectivity index (χ1) is 5.41. The Morgan fingerprint density at radius 2 is 1.23 bits per heavy atom. The third-order valence-electron chi connectivity index (χ3n) is 1.32. The van der Waals surface area contributed by atoms with Crippen LogP contribution in [0, 0.1) is 0 Å². The molecule has 0 heterocycles. The van der Waals surface area contributed by atoms with Crippen molar-refractivity contribution in [2.45, 2.75) is 39.5 Å². The average molecular weight is 310 g/mol. The van der Waals surface area contributed by atoms with Crippen molar-refractivity contribution in [3.63, 3.8) is 0 Å². The van der Waals surface area contributed by atoms with Gasteiger partial charge in [0.1, 0.15) is 0 Å². The Labute approximate surface area is 107 Å². The van der Waals surface area contributed by atoms with Crippen molar-refractivity contribution in [1.82, 2.24) is 0 Å². The van der Waals surface area contributed by atoms with E-state index < -0.39 is 24.1 Å². The number of unbranched alkanes of at least 4 members (excludes halogenated alkanes) is 2. The van der Waals surface area contributed by atoms with Gasteiger partial charge in [-0.25, -0.2) is 0 Å². The van der Waals surface area contributed by atoms with E-state index in [1.54, 1.807) is 0 Å². The fourth-order valence-corrected chi connectivity index (χ4v) is 1.88. The second-order valence-electron chi connectivity index (χ2n) is 2.49. The minimum Gasteiger partial charge on any atom is -0.147 e. The molecule has 0 N–H and O–H groups in total. The molecule has 82 valence electrons. The minimum absolute atomic E-state index is 0. The summed E-state index contributed by atoms with van der Waals surface area (Å²) in [5, 5.41) is 0. The topological polar surface area (TPSA) is 18.5 Å². The summed E-state index contributed by atoms with van der Waals surface area (Å²) in [7, 11) is 0. The van der Waals surface area contributed by atoms with Crippen LogP contribution in [0.1, 0.15) is 39.5 Å². The van der Waals surface area contributed by atoms with E-state index in [1.807, 2.05) is 0 Å². The van der Waals surface area contributed by atoms with Crippen molar-refractivity contribution in [2.75, 3.05) is 13.2 Å². The number of halogens is 2. The van der Waals surface area contributed by atoms with Crippen LogP contribution in [0.2, 0.25) is 0 Å². The summed E-state index contributed by atoms with van der Waals surface area (Å²) in [6.07, 6.45) is 4.79. The van der Waals surface area contributed by atoms with Crippen molar-refractivity contribution in [3.8, 4) is 0 Å². The Morgan fingerprint density at radius 1 is 0.846 bits per heavy atom. The molecule has 0 spiro atoms. The predicted molar refractivity (Wildman–Crippen MR) is 56.2 cm³/mol. The maximum Gasteiger partial charge on any atom is -0.147 e. The Morgan fingerprint density at radius 3 is 1.54 bits per heavy atom. The van der Waals surface area contributed by atoms with Crippen LogP contribution in [0.3, 0.4) is 0 Å². The van der Waals surface area contributed by atoms with Crippen LogP contribution in [0.4, 0.5) is 0 Å². The van der Waals surface area contributed by atoms with Gasteiger partial charge in [-0.2, -0.15) is 0 Å². The molecule has 2 nitrogen and oxygen atoms in total. The van der Waals surface area contributed by atoms with Gasteiger partial charge < -0.3 is 0 Å². The van der Waals surface area contributed by atoms with Gasteiger partial charge in [-0.15, -0.1) is 24.8 Å². The van der Waals surface area contributed by atoms with E-state index in [2.05, 4.69) is 13.8 Å². The third kappa shape index (κ3) is 19.7. The first-order valence-corrected chi connectivity index (χ1v) is 6.41. The fourth-order valence-electron chi connectivity index (χ4n) is 0.558. The Kier molecular flexibility index (Phi) is 29.1. The molecule has 0 aliphatic heterocycles. The summed E-state index contributed by atoms with van der Waals surface area (Å²) < 4.78 is 10.7. The van der Waals surface area contributed by atoms with Gasteiger partial charge in [0.25, 0.3) is 0 Å². The molecule has 0 saturated heterocycles. The minimum atomic E-state index is -0.876. The van der Waals surface area contributed by atoms with Crippen LogP contribution >= 0.6 is 24.8 Å². The predicted octanol–water partition coefficient (Wildman–Crippen LogP) is 3.38. The molecular weight excluding hydrogens is 290 g/mol. The van der Waals surface area contributed by atoms with Gasteiger partial charge in [-0.05, 0) is 0 Å². The molecule has 0 aromatic rings. The molecule has 0 fully saturated rings. The summed E-state index contributed by atoms with van der Waals surface area (Å²) in [5.41, 5.74) is 0. The molecule has 0 aromatic carbocycles. The molecule has 0 bridgehead atoms. The zero-order valence-corrected chi connectivity index (χ0v) is 12.5. The summed E-state index contributed by atoms with van der Waals surface area (Å²) in [4.78, 5) is 0. The number of hydrogen-bond acceptors (Lipinski definition) is 2. The van der Waals surface area contributed by atoms with Crippen LogP contribution in [0.25, 0.3) is 0 Å². The third-order valence-corrected chi connectivity index (χ3v) is 2.90. The van der Waals surface area contributed by atoms with Gasteiger partial charge in [0.05, 0.1) is 0 Å². The Bertz CT molecular complexity index is 69.2. The smallest absolute Gasteiger partial charge is 0.147 e. The maximum atomic E-state index is 5.37. The van der Waals surface area contributed by atoms with Gasteiger partial charge in [0.2, 0.25) is 0 Å². The van der Waals surface area contributed by atoms with Crippen LogP contribution in [-0.2, 0) is 29.7 Å². The van der Waals surface area contributed by atoms with Crippen molar-refractivity contribution in [1.29, 1.82) is 0 Å². The molecule has 0 saturated carbocycles. The van der Waals surface area contributed by atoms with Gasteiger partial charge >= 0.3 is 82.5 Å². The van der Waals surface area contributed by atoms with Crippen molar-refractivity contribution < 1.29 is 29.7 Å². The largest absolute Gasteiger partial charge is 0.147 e. The van der Waals surface area contributed by atoms with Gasteiger partial charge in [0, 0.05) is 0 Å². The van der Waals surface area contributed by atoms with Crippen LogP contribution < -0.4 is 0 Å². The summed E-state index contributed by atoms with van der Waals surface area (Å²) in [6.45, 7) is 6.17. The SMILES string of the molecule is CCCC[O][Zr][O]CCCC.Cl.Cl. The van der Waals surface area contributed by atoms with Gasteiger partial charge in [0.15, 0.2) is 0 Å². The molecule has 13 heavy (non-hydrogen) atoms. The van der Waals surface area contributed by atoms with Crippen molar-refractivity contribution in [2.24, 2.45) is 0 Å². The molecule has 0 aliphatic rings. The molecule has 0 radical (unpaired) electrons. The van der Waals surface area contributed by atoms with E-state index in [0.717, 1.165) is 13.2 Å². The molecule has 0 unspecified atom stereocenters. The first kappa shape index (κ1) is 19.9. The summed E-state index contributed by atoms with van der Waals surface area (Å²) in [6, 6.07) is 0. The van der Waals surface area contributed by atoms with E-state index >= 15 is 0 Å². The molecular formula is C8H20Cl2O2Zr. The summed E-state index contributed by atoms with van der Waals surface area (Å²) in [5.74, 6) is 0. The second kappa shape index (κ2) is 19.0. The monoisotopic (exact) mass is 308 g/mol. The maximum absolute atomic E-state index is 5.37. The molecule has 0 atom stereocenters. The molecule has 0 aliphatic carbocycles. The zero-order chi connectivity index (χ0) is 8.36. The van der Waals surface area contributed by atoms with E-state index in [9.17, 15) is 0 Å². The number of hydrogen-bond donors (Lipinski definition) is 0. The second-order valence-corrected chi connectivity index (χ2v) is 4.32. The standard InChI is InChI=1S/2C4H9O.2ClH.Zr/c2*1-2-3-4-5;;;/h2*2-4H2,1H3;2*1H;/q2*-1;;;+2. The molecule has 5 heteroatoms. The van der Waals surface area contributed by atoms with Crippen molar-refractivity contribution >= 4 is 24.8 Å². The number of rotatable bonds is 8. The van der Waals surface area contributed by atoms with Crippen molar-refractivity contribution in [3.05, 3.63) is 0 Å². The van der Waals surface area contributed by atoms with E-state index in [-0.39, 0.29) is 24.8 Å². The van der Waals surface area contributed by atoms with Crippen LogP contribution in [0.15, 0.2) is 0 Å². The molecule has 0 aromatic heterocycles. The quantitative estimate of drug-likeness (QED) is 0.640. The van der Waals surface area contributed by atoms with E-state index in [1.165, 1.54) is 25.7 Å². The zero-order valence-electron chi connectivity index (χ0n) is 8.38. The average Bonchev–Trinajstić information content (AvgIpc) is 2.03. The molecule has 0 amide bonds. The summed E-state index contributed by atoms with van der Waals surface area (Å²) >= 11 is -0.876.